The van der Waals surface area contributed by atoms with Crippen molar-refractivity contribution in [3.05, 3.63) is 52.6 Å². The summed E-state index contributed by atoms with van der Waals surface area (Å²) in [4.78, 5) is 17.0. The molecule has 0 amide bonds. The lowest BCUT2D eigenvalue weighted by Gasteiger charge is -2.13. The molecular formula is C18H21N5O2S. The van der Waals surface area contributed by atoms with Crippen molar-refractivity contribution in [1.29, 1.82) is 0 Å². The Morgan fingerprint density at radius 1 is 1.35 bits per heavy atom. The molecule has 2 heterocycles. The monoisotopic (exact) mass is 371 g/mol. The molecule has 1 aromatic carbocycles. The molecule has 3 rings (SSSR count). The summed E-state index contributed by atoms with van der Waals surface area (Å²) in [6, 6.07) is 5.54. The molecule has 8 heteroatoms. The maximum Gasteiger partial charge on any atom is 0.321 e. The molecule has 0 fully saturated rings. The Kier molecular flexibility index (Phi) is 5.43. The number of thiazole rings is 1. The fraction of sp³-hybridized carbons (Fsp3) is 0.333. The lowest BCUT2D eigenvalue weighted by Crippen LogP contribution is -2.38. The van der Waals surface area contributed by atoms with Gasteiger partial charge in [-0.2, -0.15) is 0 Å². The molecule has 2 aromatic heterocycles. The number of rotatable bonds is 7. The van der Waals surface area contributed by atoms with Crippen LogP contribution in [0.1, 0.15) is 21.8 Å². The van der Waals surface area contributed by atoms with Crippen LogP contribution in [0.15, 0.2) is 30.7 Å². The van der Waals surface area contributed by atoms with Crippen molar-refractivity contribution in [3.63, 3.8) is 0 Å². The summed E-state index contributed by atoms with van der Waals surface area (Å²) in [5.41, 5.74) is 3.56. The fourth-order valence-corrected chi connectivity index (χ4v) is 3.40. The molecule has 0 aliphatic carbocycles. The molecule has 0 saturated carbocycles. The largest absolute Gasteiger partial charge is 0.480 e. The summed E-state index contributed by atoms with van der Waals surface area (Å²) < 4.78 is 1.72. The van der Waals surface area contributed by atoms with E-state index in [1.165, 1.54) is 11.1 Å². The van der Waals surface area contributed by atoms with Crippen LogP contribution < -0.4 is 5.32 Å². The average Bonchev–Trinajstić information content (AvgIpc) is 3.23. The van der Waals surface area contributed by atoms with Gasteiger partial charge in [-0.15, -0.1) is 21.5 Å². The summed E-state index contributed by atoms with van der Waals surface area (Å²) in [5.74, 6) is -0.281. The molecule has 0 bridgehead atoms. The third kappa shape index (κ3) is 4.14. The smallest absolute Gasteiger partial charge is 0.321 e. The van der Waals surface area contributed by atoms with E-state index in [2.05, 4.69) is 52.5 Å². The van der Waals surface area contributed by atoms with Crippen LogP contribution in [0.4, 0.5) is 0 Å². The van der Waals surface area contributed by atoms with E-state index in [9.17, 15) is 9.90 Å². The Labute approximate surface area is 155 Å². The van der Waals surface area contributed by atoms with Crippen molar-refractivity contribution in [1.82, 2.24) is 25.1 Å². The van der Waals surface area contributed by atoms with E-state index in [-0.39, 0.29) is 6.42 Å². The summed E-state index contributed by atoms with van der Waals surface area (Å²) >= 11 is 1.57. The zero-order valence-corrected chi connectivity index (χ0v) is 15.7. The highest BCUT2D eigenvalue weighted by molar-refractivity contribution is 7.15. The highest BCUT2D eigenvalue weighted by Gasteiger charge is 2.20. The van der Waals surface area contributed by atoms with Crippen molar-refractivity contribution < 1.29 is 9.90 Å². The first-order valence-corrected chi connectivity index (χ1v) is 9.07. The minimum Gasteiger partial charge on any atom is -0.480 e. The van der Waals surface area contributed by atoms with Crippen LogP contribution in [0, 0.1) is 13.8 Å². The third-order valence-corrected chi connectivity index (χ3v) is 5.37. The van der Waals surface area contributed by atoms with Gasteiger partial charge >= 0.3 is 5.97 Å². The van der Waals surface area contributed by atoms with E-state index in [4.69, 9.17) is 0 Å². The van der Waals surface area contributed by atoms with Crippen molar-refractivity contribution >= 4 is 17.3 Å². The van der Waals surface area contributed by atoms with Crippen LogP contribution in [-0.4, -0.2) is 36.9 Å². The van der Waals surface area contributed by atoms with Gasteiger partial charge in [0, 0.05) is 36.7 Å². The van der Waals surface area contributed by atoms with Crippen LogP contribution in [0.25, 0.3) is 10.6 Å². The summed E-state index contributed by atoms with van der Waals surface area (Å²) in [6.07, 6.45) is 3.63. The molecule has 0 spiro atoms. The molecule has 1 atom stereocenters. The second-order valence-corrected chi connectivity index (χ2v) is 7.38. The van der Waals surface area contributed by atoms with Gasteiger partial charge in [0.1, 0.15) is 23.2 Å². The second-order valence-electron chi connectivity index (χ2n) is 6.26. The van der Waals surface area contributed by atoms with E-state index >= 15 is 0 Å². The molecule has 136 valence electrons. The minimum atomic E-state index is -0.910. The third-order valence-electron chi connectivity index (χ3n) is 4.32. The predicted molar refractivity (Wildman–Crippen MR) is 100.0 cm³/mol. The number of aliphatic carboxylic acids is 1. The number of carboxylic acid groups (broad SMARTS) is 1. The van der Waals surface area contributed by atoms with Gasteiger partial charge in [0.25, 0.3) is 0 Å². The molecule has 3 aromatic rings. The lowest BCUT2D eigenvalue weighted by molar-refractivity contribution is -0.139. The van der Waals surface area contributed by atoms with Crippen molar-refractivity contribution in [2.24, 2.45) is 7.05 Å². The Morgan fingerprint density at radius 3 is 2.81 bits per heavy atom. The Balaban J connectivity index is 1.67. The molecule has 0 saturated heterocycles. The quantitative estimate of drug-likeness (QED) is 0.662. The molecule has 7 nitrogen and oxygen atoms in total. The predicted octanol–water partition coefficient (Wildman–Crippen LogP) is 2.34. The van der Waals surface area contributed by atoms with Crippen LogP contribution in [0.2, 0.25) is 0 Å². The van der Waals surface area contributed by atoms with Gasteiger partial charge in [-0.25, -0.2) is 4.98 Å². The van der Waals surface area contributed by atoms with Crippen LogP contribution in [0.3, 0.4) is 0 Å². The van der Waals surface area contributed by atoms with E-state index < -0.39 is 12.0 Å². The standard InChI is InChI=1S/C18H21N5O2S/c1-11-4-5-13(6-12(11)2)17-20-9-14(26-17)8-19-15(18(24)25)7-16-22-21-10-23(16)3/h4-6,9-10,15,19H,7-8H2,1-3H3,(H,24,25). The molecule has 0 aliphatic rings. The van der Waals surface area contributed by atoms with Gasteiger partial charge < -0.3 is 9.67 Å². The molecule has 0 radical (unpaired) electrons. The normalized spacial score (nSPS) is 12.3. The van der Waals surface area contributed by atoms with Gasteiger partial charge in [-0.3, -0.25) is 10.1 Å². The second kappa shape index (κ2) is 7.76. The molecule has 1 unspecified atom stereocenters. The van der Waals surface area contributed by atoms with E-state index in [0.29, 0.717) is 12.4 Å². The molecule has 0 aliphatic heterocycles. The van der Waals surface area contributed by atoms with Crippen molar-refractivity contribution in [2.75, 3.05) is 0 Å². The first kappa shape index (κ1) is 18.2. The Hall–Kier alpha value is -2.58. The van der Waals surface area contributed by atoms with Crippen molar-refractivity contribution in [3.8, 4) is 10.6 Å². The first-order valence-electron chi connectivity index (χ1n) is 8.25. The molecule has 26 heavy (non-hydrogen) atoms. The average molecular weight is 371 g/mol. The van der Waals surface area contributed by atoms with Gasteiger partial charge in [0.15, 0.2) is 0 Å². The number of carbonyl (C=O) groups is 1. The summed E-state index contributed by atoms with van der Waals surface area (Å²) in [5, 5.41) is 21.2. The Morgan fingerprint density at radius 2 is 2.15 bits per heavy atom. The number of carboxylic acids is 1. The number of hydrogen-bond acceptors (Lipinski definition) is 6. The van der Waals surface area contributed by atoms with E-state index in [1.54, 1.807) is 35.5 Å². The topological polar surface area (TPSA) is 92.9 Å². The summed E-state index contributed by atoms with van der Waals surface area (Å²) in [6.45, 7) is 4.61. The number of benzene rings is 1. The zero-order valence-electron chi connectivity index (χ0n) is 14.9. The van der Waals surface area contributed by atoms with Crippen LogP contribution in [-0.2, 0) is 24.8 Å². The first-order chi connectivity index (χ1) is 12.4. The number of aromatic nitrogens is 4. The molecule has 2 N–H and O–H groups in total. The number of nitrogens with zero attached hydrogens (tertiary/aromatic N) is 4. The van der Waals surface area contributed by atoms with Crippen LogP contribution >= 0.6 is 11.3 Å². The highest BCUT2D eigenvalue weighted by Crippen LogP contribution is 2.26. The van der Waals surface area contributed by atoms with Gasteiger partial charge in [-0.05, 0) is 31.0 Å². The Bertz CT molecular complexity index is 918. The van der Waals surface area contributed by atoms with Crippen LogP contribution in [0.5, 0.6) is 0 Å². The summed E-state index contributed by atoms with van der Waals surface area (Å²) in [7, 11) is 1.80. The van der Waals surface area contributed by atoms with Gasteiger partial charge in [0.05, 0.1) is 0 Å². The highest BCUT2D eigenvalue weighted by atomic mass is 32.1. The van der Waals surface area contributed by atoms with Gasteiger partial charge in [-0.1, -0.05) is 12.1 Å². The zero-order chi connectivity index (χ0) is 18.7. The van der Waals surface area contributed by atoms with E-state index in [1.807, 2.05) is 0 Å². The van der Waals surface area contributed by atoms with E-state index in [0.717, 1.165) is 15.4 Å². The maximum absolute atomic E-state index is 11.5. The number of hydrogen-bond donors (Lipinski definition) is 2. The van der Waals surface area contributed by atoms with Gasteiger partial charge in [0.2, 0.25) is 0 Å². The molecular weight excluding hydrogens is 350 g/mol. The lowest BCUT2D eigenvalue weighted by atomic mass is 10.1. The number of nitrogens with one attached hydrogen (secondary N) is 1. The minimum absolute atomic E-state index is 0.272. The number of aryl methyl sites for hydroxylation is 3. The fourth-order valence-electron chi connectivity index (χ4n) is 2.54. The maximum atomic E-state index is 11.5. The van der Waals surface area contributed by atoms with Crippen molar-refractivity contribution in [2.45, 2.75) is 32.9 Å². The SMILES string of the molecule is Cc1ccc(-c2ncc(CNC(Cc3nncn3C)C(=O)O)s2)cc1C.